The van der Waals surface area contributed by atoms with Gasteiger partial charge in [0.15, 0.2) is 0 Å². The monoisotopic (exact) mass is 301 g/mol. The van der Waals surface area contributed by atoms with E-state index in [9.17, 15) is 0 Å². The Morgan fingerprint density at radius 3 is 2.67 bits per heavy atom. The lowest BCUT2D eigenvalue weighted by Crippen LogP contribution is -2.00. The van der Waals surface area contributed by atoms with Crippen molar-refractivity contribution in [3.05, 3.63) is 58.8 Å². The minimum atomic E-state index is 0.742. The van der Waals surface area contributed by atoms with Crippen molar-refractivity contribution in [2.75, 3.05) is 5.32 Å². The summed E-state index contributed by atoms with van der Waals surface area (Å²) in [7, 11) is 0. The van der Waals surface area contributed by atoms with Crippen molar-refractivity contribution in [1.29, 1.82) is 0 Å². The molecule has 3 rings (SSSR count). The molecule has 0 saturated carbocycles. The topological polar surface area (TPSA) is 40.7 Å². The zero-order valence-electron chi connectivity index (χ0n) is 9.65. The van der Waals surface area contributed by atoms with Crippen LogP contribution in [-0.2, 0) is 6.54 Å². The van der Waals surface area contributed by atoms with Gasteiger partial charge in [0, 0.05) is 21.7 Å². The van der Waals surface area contributed by atoms with Gasteiger partial charge in [-0.25, -0.2) is 0 Å². The van der Waals surface area contributed by atoms with Crippen LogP contribution in [0.4, 0.5) is 5.69 Å². The van der Waals surface area contributed by atoms with Crippen molar-refractivity contribution in [1.82, 2.24) is 10.2 Å². The van der Waals surface area contributed by atoms with E-state index in [0.717, 1.165) is 22.4 Å². The molecule has 0 radical (unpaired) electrons. The second-order valence-electron chi connectivity index (χ2n) is 4.08. The quantitative estimate of drug-likeness (QED) is 0.769. The fourth-order valence-corrected chi connectivity index (χ4v) is 2.47. The number of benzene rings is 2. The third-order valence-electron chi connectivity index (χ3n) is 2.90. The summed E-state index contributed by atoms with van der Waals surface area (Å²) in [6.45, 7) is 0.742. The van der Waals surface area contributed by atoms with Gasteiger partial charge in [0.25, 0.3) is 0 Å². The van der Waals surface area contributed by atoms with E-state index in [-0.39, 0.29) is 0 Å². The average molecular weight is 302 g/mol. The number of halogens is 1. The first-order chi connectivity index (χ1) is 8.84. The SMILES string of the molecule is Brc1ccc(NCc2ccn[nH]2)c2ccccc12. The number of aromatic nitrogens is 2. The van der Waals surface area contributed by atoms with E-state index in [1.54, 1.807) is 6.20 Å². The van der Waals surface area contributed by atoms with Crippen molar-refractivity contribution in [3.8, 4) is 0 Å². The second-order valence-corrected chi connectivity index (χ2v) is 4.93. The summed E-state index contributed by atoms with van der Waals surface area (Å²) in [5.74, 6) is 0. The molecule has 4 heteroatoms. The Hall–Kier alpha value is -1.81. The van der Waals surface area contributed by atoms with Gasteiger partial charge in [0.1, 0.15) is 0 Å². The van der Waals surface area contributed by atoms with Crippen LogP contribution in [0.1, 0.15) is 5.69 Å². The Kier molecular flexibility index (Phi) is 3.02. The smallest absolute Gasteiger partial charge is 0.0567 e. The molecule has 2 aromatic carbocycles. The number of aromatic amines is 1. The molecule has 0 unspecified atom stereocenters. The molecule has 0 aliphatic rings. The molecular weight excluding hydrogens is 290 g/mol. The lowest BCUT2D eigenvalue weighted by molar-refractivity contribution is 0.982. The van der Waals surface area contributed by atoms with Crippen LogP contribution >= 0.6 is 15.9 Å². The number of fused-ring (bicyclic) bond motifs is 1. The van der Waals surface area contributed by atoms with Gasteiger partial charge in [-0.05, 0) is 23.6 Å². The van der Waals surface area contributed by atoms with Crippen molar-refractivity contribution >= 4 is 32.4 Å². The molecule has 2 N–H and O–H groups in total. The molecule has 0 aliphatic heterocycles. The average Bonchev–Trinajstić information content (AvgIpc) is 2.92. The maximum absolute atomic E-state index is 3.94. The van der Waals surface area contributed by atoms with E-state index in [2.05, 4.69) is 61.8 Å². The first-order valence-electron chi connectivity index (χ1n) is 5.74. The van der Waals surface area contributed by atoms with E-state index in [4.69, 9.17) is 0 Å². The molecule has 0 fully saturated rings. The molecule has 18 heavy (non-hydrogen) atoms. The molecule has 3 aromatic rings. The molecule has 1 heterocycles. The predicted octanol–water partition coefficient (Wildman–Crippen LogP) is 3.94. The fourth-order valence-electron chi connectivity index (χ4n) is 1.99. The van der Waals surface area contributed by atoms with Gasteiger partial charge in [-0.2, -0.15) is 5.10 Å². The molecule has 0 saturated heterocycles. The van der Waals surface area contributed by atoms with E-state index >= 15 is 0 Å². The minimum Gasteiger partial charge on any atom is -0.379 e. The number of hydrogen-bond acceptors (Lipinski definition) is 2. The fraction of sp³-hybridized carbons (Fsp3) is 0.0714. The number of hydrogen-bond donors (Lipinski definition) is 2. The molecule has 3 nitrogen and oxygen atoms in total. The van der Waals surface area contributed by atoms with Gasteiger partial charge in [-0.3, -0.25) is 5.10 Å². The molecular formula is C14H12BrN3. The highest BCUT2D eigenvalue weighted by Crippen LogP contribution is 2.30. The summed E-state index contributed by atoms with van der Waals surface area (Å²) in [5.41, 5.74) is 2.20. The van der Waals surface area contributed by atoms with Crippen LogP contribution in [0.2, 0.25) is 0 Å². The van der Waals surface area contributed by atoms with E-state index in [1.807, 2.05) is 12.1 Å². The summed E-state index contributed by atoms with van der Waals surface area (Å²) in [6.07, 6.45) is 1.76. The summed E-state index contributed by atoms with van der Waals surface area (Å²) in [5, 5.41) is 12.7. The maximum Gasteiger partial charge on any atom is 0.0567 e. The summed E-state index contributed by atoms with van der Waals surface area (Å²) < 4.78 is 1.12. The lowest BCUT2D eigenvalue weighted by atomic mass is 10.1. The van der Waals surface area contributed by atoms with Crippen LogP contribution in [0, 0.1) is 0 Å². The van der Waals surface area contributed by atoms with Crippen molar-refractivity contribution < 1.29 is 0 Å². The predicted molar refractivity (Wildman–Crippen MR) is 77.6 cm³/mol. The first kappa shape index (κ1) is 11.3. The Morgan fingerprint density at radius 1 is 1.06 bits per heavy atom. The highest BCUT2D eigenvalue weighted by Gasteiger charge is 2.03. The van der Waals surface area contributed by atoms with E-state index in [0.29, 0.717) is 0 Å². The van der Waals surface area contributed by atoms with Crippen LogP contribution in [0.3, 0.4) is 0 Å². The molecule has 0 amide bonds. The van der Waals surface area contributed by atoms with Crippen molar-refractivity contribution in [3.63, 3.8) is 0 Å². The maximum atomic E-state index is 3.94. The third-order valence-corrected chi connectivity index (χ3v) is 3.59. The van der Waals surface area contributed by atoms with Crippen LogP contribution in [0.25, 0.3) is 10.8 Å². The molecule has 0 aliphatic carbocycles. The highest BCUT2D eigenvalue weighted by molar-refractivity contribution is 9.10. The van der Waals surface area contributed by atoms with Gasteiger partial charge in [-0.15, -0.1) is 0 Å². The molecule has 90 valence electrons. The third kappa shape index (κ3) is 2.11. The molecule has 0 atom stereocenters. The van der Waals surface area contributed by atoms with Gasteiger partial charge >= 0.3 is 0 Å². The first-order valence-corrected chi connectivity index (χ1v) is 6.53. The number of H-pyrrole nitrogens is 1. The number of nitrogens with zero attached hydrogens (tertiary/aromatic N) is 1. The molecule has 1 aromatic heterocycles. The minimum absolute atomic E-state index is 0.742. The Bertz CT molecular complexity index is 662. The largest absolute Gasteiger partial charge is 0.379 e. The zero-order chi connectivity index (χ0) is 12.4. The number of nitrogens with one attached hydrogen (secondary N) is 2. The van der Waals surface area contributed by atoms with Crippen LogP contribution < -0.4 is 5.32 Å². The van der Waals surface area contributed by atoms with Gasteiger partial charge in [0.05, 0.1) is 12.2 Å². The second kappa shape index (κ2) is 4.82. The van der Waals surface area contributed by atoms with Crippen molar-refractivity contribution in [2.45, 2.75) is 6.54 Å². The van der Waals surface area contributed by atoms with E-state index < -0.39 is 0 Å². The van der Waals surface area contributed by atoms with Crippen LogP contribution in [0.5, 0.6) is 0 Å². The van der Waals surface area contributed by atoms with Gasteiger partial charge in [0.2, 0.25) is 0 Å². The standard InChI is InChI=1S/C14H12BrN3/c15-13-5-6-14(12-4-2-1-3-11(12)13)16-9-10-7-8-17-18-10/h1-8,16H,9H2,(H,17,18). The summed E-state index contributed by atoms with van der Waals surface area (Å²) >= 11 is 3.58. The lowest BCUT2D eigenvalue weighted by Gasteiger charge is -2.10. The highest BCUT2D eigenvalue weighted by atomic mass is 79.9. The van der Waals surface area contributed by atoms with Gasteiger partial charge < -0.3 is 5.32 Å². The zero-order valence-corrected chi connectivity index (χ0v) is 11.2. The molecule has 0 spiro atoms. The normalized spacial score (nSPS) is 10.7. The van der Waals surface area contributed by atoms with Crippen LogP contribution in [-0.4, -0.2) is 10.2 Å². The molecule has 0 bridgehead atoms. The Labute approximate surface area is 113 Å². The Balaban J connectivity index is 1.94. The van der Waals surface area contributed by atoms with Crippen molar-refractivity contribution in [2.24, 2.45) is 0 Å². The van der Waals surface area contributed by atoms with Gasteiger partial charge in [-0.1, -0.05) is 40.2 Å². The summed E-state index contributed by atoms with van der Waals surface area (Å²) in [4.78, 5) is 0. The number of anilines is 1. The van der Waals surface area contributed by atoms with E-state index in [1.165, 1.54) is 10.8 Å². The summed E-state index contributed by atoms with van der Waals surface area (Å²) in [6, 6.07) is 14.5. The van der Waals surface area contributed by atoms with Crippen LogP contribution in [0.15, 0.2) is 53.1 Å². The number of rotatable bonds is 3. The Morgan fingerprint density at radius 2 is 1.89 bits per heavy atom.